The standard InChI is InChI=1S/C17H26O/c1-12-9-8-10-14-13(12)11-17(18-14,15(2,3)4)16(5,6)7/h8-10H,11H2,1-7H3. The fourth-order valence-electron chi connectivity index (χ4n) is 3.43. The van der Waals surface area contributed by atoms with Gasteiger partial charge in [0.2, 0.25) is 0 Å². The van der Waals surface area contributed by atoms with Crippen molar-refractivity contribution in [1.29, 1.82) is 0 Å². The molecule has 0 fully saturated rings. The average Bonchev–Trinajstić information content (AvgIpc) is 2.57. The normalized spacial score (nSPS) is 18.4. The topological polar surface area (TPSA) is 9.23 Å². The van der Waals surface area contributed by atoms with Gasteiger partial charge < -0.3 is 4.74 Å². The Hall–Kier alpha value is -0.980. The summed E-state index contributed by atoms with van der Waals surface area (Å²) in [5, 5.41) is 0. The second-order valence-corrected chi connectivity index (χ2v) is 7.66. The molecule has 1 aromatic carbocycles. The van der Waals surface area contributed by atoms with E-state index in [4.69, 9.17) is 4.74 Å². The van der Waals surface area contributed by atoms with E-state index in [9.17, 15) is 0 Å². The molecule has 1 nitrogen and oxygen atoms in total. The van der Waals surface area contributed by atoms with E-state index < -0.39 is 0 Å². The molecule has 0 saturated carbocycles. The van der Waals surface area contributed by atoms with Crippen molar-refractivity contribution in [2.24, 2.45) is 10.8 Å². The Morgan fingerprint density at radius 2 is 1.56 bits per heavy atom. The van der Waals surface area contributed by atoms with E-state index >= 15 is 0 Å². The van der Waals surface area contributed by atoms with E-state index in [2.05, 4.69) is 66.7 Å². The zero-order valence-corrected chi connectivity index (χ0v) is 12.8. The molecule has 0 aromatic heterocycles. The van der Waals surface area contributed by atoms with Gasteiger partial charge in [-0.1, -0.05) is 53.7 Å². The third-order valence-corrected chi connectivity index (χ3v) is 4.50. The lowest BCUT2D eigenvalue weighted by Crippen LogP contribution is -2.56. The monoisotopic (exact) mass is 246 g/mol. The summed E-state index contributed by atoms with van der Waals surface area (Å²) in [7, 11) is 0. The van der Waals surface area contributed by atoms with Crippen molar-refractivity contribution in [2.45, 2.75) is 60.5 Å². The molecule has 0 unspecified atom stereocenters. The second kappa shape index (κ2) is 3.76. The molecule has 0 spiro atoms. The van der Waals surface area contributed by atoms with Crippen LogP contribution in [0.4, 0.5) is 0 Å². The summed E-state index contributed by atoms with van der Waals surface area (Å²) in [6.07, 6.45) is 1.02. The highest BCUT2D eigenvalue weighted by atomic mass is 16.5. The van der Waals surface area contributed by atoms with Gasteiger partial charge in [0.25, 0.3) is 0 Å². The van der Waals surface area contributed by atoms with Gasteiger partial charge in [0.05, 0.1) is 0 Å². The molecule has 0 atom stereocenters. The highest BCUT2D eigenvalue weighted by Crippen LogP contribution is 2.54. The van der Waals surface area contributed by atoms with Crippen LogP contribution in [0, 0.1) is 17.8 Å². The summed E-state index contributed by atoms with van der Waals surface area (Å²) in [6, 6.07) is 6.39. The van der Waals surface area contributed by atoms with Gasteiger partial charge >= 0.3 is 0 Å². The van der Waals surface area contributed by atoms with Crippen molar-refractivity contribution in [3.63, 3.8) is 0 Å². The lowest BCUT2D eigenvalue weighted by molar-refractivity contribution is -0.0986. The first-order valence-corrected chi connectivity index (χ1v) is 6.86. The van der Waals surface area contributed by atoms with Crippen molar-refractivity contribution in [2.75, 3.05) is 0 Å². The molecule has 100 valence electrons. The fraction of sp³-hybridized carbons (Fsp3) is 0.647. The molecular formula is C17H26O. The highest BCUT2D eigenvalue weighted by Gasteiger charge is 2.56. The molecule has 1 heteroatoms. The fourth-order valence-corrected chi connectivity index (χ4v) is 3.43. The smallest absolute Gasteiger partial charge is 0.123 e. The van der Waals surface area contributed by atoms with Crippen LogP contribution in [-0.2, 0) is 6.42 Å². The first-order valence-electron chi connectivity index (χ1n) is 6.86. The van der Waals surface area contributed by atoms with Crippen molar-refractivity contribution in [3.8, 4) is 5.75 Å². The summed E-state index contributed by atoms with van der Waals surface area (Å²) in [5.41, 5.74) is 2.83. The first-order chi connectivity index (χ1) is 8.08. The van der Waals surface area contributed by atoms with E-state index in [0.717, 1.165) is 12.2 Å². The van der Waals surface area contributed by atoms with Crippen LogP contribution in [0.25, 0.3) is 0 Å². The molecular weight excluding hydrogens is 220 g/mol. The van der Waals surface area contributed by atoms with Crippen LogP contribution < -0.4 is 4.74 Å². The quantitative estimate of drug-likeness (QED) is 0.641. The number of ether oxygens (including phenoxy) is 1. The van der Waals surface area contributed by atoms with Crippen LogP contribution in [0.15, 0.2) is 18.2 Å². The maximum Gasteiger partial charge on any atom is 0.123 e. The van der Waals surface area contributed by atoms with Crippen LogP contribution in [-0.4, -0.2) is 5.60 Å². The van der Waals surface area contributed by atoms with E-state index in [1.807, 2.05) is 0 Å². The summed E-state index contributed by atoms with van der Waals surface area (Å²) < 4.78 is 6.50. The number of benzene rings is 1. The average molecular weight is 246 g/mol. The lowest BCUT2D eigenvalue weighted by Gasteiger charge is -2.50. The Bertz CT molecular complexity index is 443. The van der Waals surface area contributed by atoms with Gasteiger partial charge in [0, 0.05) is 22.8 Å². The molecule has 1 aliphatic heterocycles. The zero-order valence-electron chi connectivity index (χ0n) is 12.8. The van der Waals surface area contributed by atoms with Crippen LogP contribution in [0.5, 0.6) is 5.75 Å². The summed E-state index contributed by atoms with van der Waals surface area (Å²) >= 11 is 0. The van der Waals surface area contributed by atoms with Crippen LogP contribution >= 0.6 is 0 Å². The maximum absolute atomic E-state index is 6.50. The molecule has 0 radical (unpaired) electrons. The Morgan fingerprint density at radius 3 is 2.00 bits per heavy atom. The van der Waals surface area contributed by atoms with E-state index in [1.54, 1.807) is 0 Å². The number of aryl methyl sites for hydroxylation is 1. The Balaban J connectivity index is 2.55. The van der Waals surface area contributed by atoms with E-state index in [0.29, 0.717) is 0 Å². The van der Waals surface area contributed by atoms with E-state index in [1.165, 1.54) is 11.1 Å². The van der Waals surface area contributed by atoms with E-state index in [-0.39, 0.29) is 16.4 Å². The first kappa shape index (κ1) is 13.5. The Morgan fingerprint density at radius 1 is 1.00 bits per heavy atom. The minimum Gasteiger partial charge on any atom is -0.486 e. The lowest BCUT2D eigenvalue weighted by atomic mass is 9.61. The van der Waals surface area contributed by atoms with Crippen molar-refractivity contribution in [3.05, 3.63) is 29.3 Å². The third kappa shape index (κ3) is 1.75. The molecule has 0 aliphatic carbocycles. The van der Waals surface area contributed by atoms with Crippen molar-refractivity contribution in [1.82, 2.24) is 0 Å². The highest BCUT2D eigenvalue weighted by molar-refractivity contribution is 5.45. The summed E-state index contributed by atoms with van der Waals surface area (Å²) in [5.74, 6) is 1.08. The van der Waals surface area contributed by atoms with Gasteiger partial charge in [-0.25, -0.2) is 0 Å². The number of fused-ring (bicyclic) bond motifs is 1. The minimum atomic E-state index is -0.131. The summed E-state index contributed by atoms with van der Waals surface area (Å²) in [4.78, 5) is 0. The molecule has 1 aromatic rings. The largest absolute Gasteiger partial charge is 0.486 e. The molecule has 2 rings (SSSR count). The molecule has 0 N–H and O–H groups in total. The second-order valence-electron chi connectivity index (χ2n) is 7.66. The van der Waals surface area contributed by atoms with Gasteiger partial charge in [-0.05, 0) is 18.6 Å². The van der Waals surface area contributed by atoms with Crippen LogP contribution in [0.3, 0.4) is 0 Å². The van der Waals surface area contributed by atoms with Gasteiger partial charge in [0.1, 0.15) is 11.4 Å². The molecule has 0 bridgehead atoms. The molecule has 1 aliphatic rings. The Kier molecular flexibility index (Phi) is 2.81. The SMILES string of the molecule is Cc1cccc2c1CC(C(C)(C)C)(C(C)(C)C)O2. The van der Waals surface area contributed by atoms with Gasteiger partial charge in [-0.15, -0.1) is 0 Å². The minimum absolute atomic E-state index is 0.108. The summed E-state index contributed by atoms with van der Waals surface area (Å²) in [6.45, 7) is 15.9. The molecule has 0 saturated heterocycles. The molecule has 1 heterocycles. The zero-order chi connectivity index (χ0) is 13.8. The number of rotatable bonds is 0. The van der Waals surface area contributed by atoms with Crippen molar-refractivity contribution >= 4 is 0 Å². The van der Waals surface area contributed by atoms with Gasteiger partial charge in [-0.2, -0.15) is 0 Å². The number of hydrogen-bond donors (Lipinski definition) is 0. The van der Waals surface area contributed by atoms with Gasteiger partial charge in [0.15, 0.2) is 0 Å². The van der Waals surface area contributed by atoms with Gasteiger partial charge in [-0.3, -0.25) is 0 Å². The number of hydrogen-bond acceptors (Lipinski definition) is 1. The Labute approximate surface area is 112 Å². The van der Waals surface area contributed by atoms with Crippen LogP contribution in [0.1, 0.15) is 52.7 Å². The predicted octanol–water partition coefficient (Wildman–Crippen LogP) is 4.76. The van der Waals surface area contributed by atoms with Crippen molar-refractivity contribution < 1.29 is 4.74 Å². The molecule has 0 amide bonds. The predicted molar refractivity (Wildman–Crippen MR) is 77.2 cm³/mol. The molecule has 18 heavy (non-hydrogen) atoms. The van der Waals surface area contributed by atoms with Crippen LogP contribution in [0.2, 0.25) is 0 Å². The third-order valence-electron chi connectivity index (χ3n) is 4.50. The maximum atomic E-state index is 6.50.